The van der Waals surface area contributed by atoms with E-state index in [1.54, 1.807) is 14.2 Å². The Morgan fingerprint density at radius 2 is 1.58 bits per heavy atom. The molecule has 0 radical (unpaired) electrons. The van der Waals surface area contributed by atoms with E-state index >= 15 is 0 Å². The first-order valence-electron chi connectivity index (χ1n) is 12.3. The number of pyridine rings is 1. The summed E-state index contributed by atoms with van der Waals surface area (Å²) in [6, 6.07) is 29.3. The van der Waals surface area contributed by atoms with E-state index in [0.717, 1.165) is 39.4 Å². The van der Waals surface area contributed by atoms with Crippen molar-refractivity contribution in [2.45, 2.75) is 30.2 Å². The topological polar surface area (TPSA) is 84.2 Å². The fourth-order valence-corrected chi connectivity index (χ4v) is 5.02. The average molecular weight is 524 g/mol. The lowest BCUT2D eigenvalue weighted by molar-refractivity contribution is -0.120. The highest BCUT2D eigenvalue weighted by molar-refractivity contribution is 8.00. The summed E-state index contributed by atoms with van der Waals surface area (Å²) < 4.78 is 10.5. The fourth-order valence-electron chi connectivity index (χ4n) is 3.97. The first-order valence-corrected chi connectivity index (χ1v) is 13.2. The number of ether oxygens (including phenoxy) is 2. The van der Waals surface area contributed by atoms with E-state index in [2.05, 4.69) is 11.4 Å². The molecule has 6 nitrogen and oxygen atoms in total. The molecule has 1 amide bonds. The first kappa shape index (κ1) is 26.8. The molecule has 0 fully saturated rings. The van der Waals surface area contributed by atoms with Crippen molar-refractivity contribution < 1.29 is 14.3 Å². The second kappa shape index (κ2) is 12.8. The van der Waals surface area contributed by atoms with Gasteiger partial charge in [0.1, 0.15) is 22.6 Å². The normalized spacial score (nSPS) is 11.3. The molecule has 0 saturated carbocycles. The van der Waals surface area contributed by atoms with E-state index < -0.39 is 5.25 Å². The zero-order valence-corrected chi connectivity index (χ0v) is 22.4. The highest BCUT2D eigenvalue weighted by Gasteiger charge is 2.23. The van der Waals surface area contributed by atoms with Gasteiger partial charge in [0.15, 0.2) is 0 Å². The van der Waals surface area contributed by atoms with Crippen LogP contribution in [-0.4, -0.2) is 30.4 Å². The number of hydrogen-bond donors (Lipinski definition) is 1. The summed E-state index contributed by atoms with van der Waals surface area (Å²) >= 11 is 1.32. The maximum absolute atomic E-state index is 13.2. The molecule has 0 bridgehead atoms. The molecule has 4 rings (SSSR count). The van der Waals surface area contributed by atoms with Crippen molar-refractivity contribution in [1.29, 1.82) is 5.26 Å². The third-order valence-electron chi connectivity index (χ3n) is 6.11. The predicted molar refractivity (Wildman–Crippen MR) is 151 cm³/mol. The zero-order valence-electron chi connectivity index (χ0n) is 21.6. The third-order valence-corrected chi connectivity index (χ3v) is 7.46. The van der Waals surface area contributed by atoms with Crippen molar-refractivity contribution in [2.75, 3.05) is 14.2 Å². The summed E-state index contributed by atoms with van der Waals surface area (Å²) in [5.74, 6) is 1.40. The quantitative estimate of drug-likeness (QED) is 0.239. The molecule has 1 heterocycles. The molecule has 1 unspecified atom stereocenters. The maximum Gasteiger partial charge on any atom is 0.233 e. The van der Waals surface area contributed by atoms with E-state index in [4.69, 9.17) is 14.5 Å². The Morgan fingerprint density at radius 1 is 0.947 bits per heavy atom. The smallest absolute Gasteiger partial charge is 0.233 e. The lowest BCUT2D eigenvalue weighted by atomic mass is 9.99. The Morgan fingerprint density at radius 3 is 2.16 bits per heavy atom. The molecule has 1 atom stereocenters. The molecule has 4 aromatic rings. The van der Waals surface area contributed by atoms with Crippen LogP contribution in [0.3, 0.4) is 0 Å². The van der Waals surface area contributed by atoms with Gasteiger partial charge in [-0.1, -0.05) is 73.3 Å². The van der Waals surface area contributed by atoms with E-state index in [1.807, 2.05) is 91.9 Å². The minimum Gasteiger partial charge on any atom is -0.497 e. The Kier molecular flexibility index (Phi) is 9.02. The van der Waals surface area contributed by atoms with Crippen molar-refractivity contribution >= 4 is 17.7 Å². The molecule has 192 valence electrons. The predicted octanol–water partition coefficient (Wildman–Crippen LogP) is 6.49. The molecular weight excluding hydrogens is 494 g/mol. The molecule has 3 aromatic carbocycles. The van der Waals surface area contributed by atoms with Crippen LogP contribution in [0.15, 0.2) is 90.0 Å². The Balaban J connectivity index is 1.66. The van der Waals surface area contributed by atoms with Gasteiger partial charge in [0.2, 0.25) is 5.91 Å². The van der Waals surface area contributed by atoms with E-state index in [-0.39, 0.29) is 5.91 Å². The molecule has 0 saturated heterocycles. The van der Waals surface area contributed by atoms with Gasteiger partial charge in [-0.25, -0.2) is 4.98 Å². The van der Waals surface area contributed by atoms with Crippen LogP contribution in [0.25, 0.3) is 22.4 Å². The monoisotopic (exact) mass is 523 g/mol. The van der Waals surface area contributed by atoms with E-state index in [1.165, 1.54) is 11.8 Å². The number of benzene rings is 3. The van der Waals surface area contributed by atoms with Gasteiger partial charge in [0, 0.05) is 17.7 Å². The van der Waals surface area contributed by atoms with Gasteiger partial charge in [-0.15, -0.1) is 0 Å². The van der Waals surface area contributed by atoms with Crippen LogP contribution >= 0.6 is 11.8 Å². The minimum atomic E-state index is -0.414. The number of aromatic nitrogens is 1. The van der Waals surface area contributed by atoms with Crippen LogP contribution in [-0.2, 0) is 11.3 Å². The van der Waals surface area contributed by atoms with Crippen molar-refractivity contribution in [1.82, 2.24) is 10.3 Å². The number of rotatable bonds is 10. The van der Waals surface area contributed by atoms with Crippen LogP contribution in [0.4, 0.5) is 0 Å². The van der Waals surface area contributed by atoms with Gasteiger partial charge < -0.3 is 14.8 Å². The summed E-state index contributed by atoms with van der Waals surface area (Å²) in [4.78, 5) is 18.0. The molecule has 38 heavy (non-hydrogen) atoms. The molecular formula is C31H29N3O3S. The van der Waals surface area contributed by atoms with Gasteiger partial charge in [-0.2, -0.15) is 5.26 Å². The van der Waals surface area contributed by atoms with Gasteiger partial charge in [0.05, 0.1) is 30.7 Å². The number of hydrogen-bond acceptors (Lipinski definition) is 6. The Bertz CT molecular complexity index is 1420. The molecule has 7 heteroatoms. The van der Waals surface area contributed by atoms with Crippen LogP contribution in [0.1, 0.15) is 24.5 Å². The Hall–Kier alpha value is -4.28. The molecule has 0 spiro atoms. The summed E-state index contributed by atoms with van der Waals surface area (Å²) in [5, 5.41) is 13.3. The van der Waals surface area contributed by atoms with Gasteiger partial charge in [-0.3, -0.25) is 4.79 Å². The number of methoxy groups -OCH3 is 2. The van der Waals surface area contributed by atoms with E-state index in [0.29, 0.717) is 23.6 Å². The van der Waals surface area contributed by atoms with Gasteiger partial charge >= 0.3 is 0 Å². The molecule has 0 aliphatic heterocycles. The lowest BCUT2D eigenvalue weighted by Gasteiger charge is -2.18. The summed E-state index contributed by atoms with van der Waals surface area (Å²) in [6.45, 7) is 2.36. The number of nitriles is 1. The van der Waals surface area contributed by atoms with Crippen LogP contribution in [0.5, 0.6) is 11.5 Å². The number of carbonyl (C=O) groups excluding carboxylic acids is 1. The molecule has 1 N–H and O–H groups in total. The first-order chi connectivity index (χ1) is 18.6. The largest absolute Gasteiger partial charge is 0.497 e. The van der Waals surface area contributed by atoms with Crippen molar-refractivity contribution in [3.05, 3.63) is 96.1 Å². The van der Waals surface area contributed by atoms with Crippen molar-refractivity contribution in [2.24, 2.45) is 0 Å². The lowest BCUT2D eigenvalue weighted by Crippen LogP contribution is -2.32. The SMILES string of the molecule is CCC(Sc1nc(-c2ccccc2)cc(-c2ccc(OC)cc2)c1C#N)C(=O)NCc1ccc(OC)cc1. The second-order valence-corrected chi connectivity index (χ2v) is 9.71. The van der Waals surface area contributed by atoms with Gasteiger partial charge in [-0.05, 0) is 47.9 Å². The number of nitrogens with zero attached hydrogens (tertiary/aromatic N) is 2. The fraction of sp³-hybridized carbons (Fsp3) is 0.194. The highest BCUT2D eigenvalue weighted by atomic mass is 32.2. The standard InChI is InChI=1S/C31H29N3O3S/c1-4-29(30(35)33-20-21-10-14-24(36-2)15-11-21)38-31-27(19-32)26(22-12-16-25(37-3)17-13-22)18-28(34-31)23-8-6-5-7-9-23/h5-18,29H,4,20H2,1-3H3,(H,33,35). The number of nitrogens with one attached hydrogen (secondary N) is 1. The average Bonchev–Trinajstić information content (AvgIpc) is 2.98. The summed E-state index contributed by atoms with van der Waals surface area (Å²) in [7, 11) is 3.24. The highest BCUT2D eigenvalue weighted by Crippen LogP contribution is 2.37. The minimum absolute atomic E-state index is 0.102. The number of thioether (sulfide) groups is 1. The van der Waals surface area contributed by atoms with Gasteiger partial charge in [0.25, 0.3) is 0 Å². The third kappa shape index (κ3) is 6.34. The Labute approximate surface area is 227 Å². The molecule has 0 aliphatic rings. The van der Waals surface area contributed by atoms with E-state index in [9.17, 15) is 10.1 Å². The summed E-state index contributed by atoms with van der Waals surface area (Å²) in [5.41, 5.74) is 4.74. The number of carbonyl (C=O) groups is 1. The van der Waals surface area contributed by atoms with Crippen LogP contribution in [0, 0.1) is 11.3 Å². The zero-order chi connectivity index (χ0) is 26.9. The summed E-state index contributed by atoms with van der Waals surface area (Å²) in [6.07, 6.45) is 0.582. The van der Waals surface area contributed by atoms with Crippen molar-refractivity contribution in [3.8, 4) is 40.0 Å². The van der Waals surface area contributed by atoms with Crippen LogP contribution < -0.4 is 14.8 Å². The van der Waals surface area contributed by atoms with Crippen molar-refractivity contribution in [3.63, 3.8) is 0 Å². The number of amides is 1. The molecule has 0 aliphatic carbocycles. The second-order valence-electron chi connectivity index (χ2n) is 8.52. The van der Waals surface area contributed by atoms with Crippen LogP contribution in [0.2, 0.25) is 0 Å². The maximum atomic E-state index is 13.2. The molecule has 1 aromatic heterocycles.